The topological polar surface area (TPSA) is 92.8 Å². The number of benzene rings is 2. The number of carbonyl (C=O) groups is 2. The van der Waals surface area contributed by atoms with Crippen LogP contribution in [0, 0.1) is 13.8 Å². The van der Waals surface area contributed by atoms with Gasteiger partial charge in [-0.15, -0.1) is 0 Å². The first kappa shape index (κ1) is 24.6. The van der Waals surface area contributed by atoms with Crippen molar-refractivity contribution in [2.24, 2.45) is 0 Å². The maximum Gasteiger partial charge on any atom is 0.243 e. The molecule has 0 aromatic heterocycles. The number of hydrogen-bond acceptors (Lipinski definition) is 5. The molecular formula is C23H30N2O5S. The maximum absolute atomic E-state index is 12.9. The Hall–Kier alpha value is -2.71. The Morgan fingerprint density at radius 3 is 2.26 bits per heavy atom. The number of ether oxygens (including phenoxy) is 1. The number of ketones is 1. The van der Waals surface area contributed by atoms with E-state index in [4.69, 9.17) is 4.74 Å². The van der Waals surface area contributed by atoms with Crippen LogP contribution in [0.5, 0.6) is 5.75 Å². The van der Waals surface area contributed by atoms with Crippen LogP contribution in [-0.4, -0.2) is 44.6 Å². The summed E-state index contributed by atoms with van der Waals surface area (Å²) in [5.41, 5.74) is 3.06. The summed E-state index contributed by atoms with van der Waals surface area (Å²) in [7, 11) is -2.16. The zero-order chi connectivity index (χ0) is 23.3. The van der Waals surface area contributed by atoms with Crippen LogP contribution in [0.1, 0.15) is 47.8 Å². The van der Waals surface area contributed by atoms with Crippen LogP contribution in [-0.2, 0) is 21.2 Å². The molecular weight excluding hydrogens is 416 g/mol. The summed E-state index contributed by atoms with van der Waals surface area (Å²) in [4.78, 5) is 24.6. The molecule has 7 nitrogen and oxygen atoms in total. The first-order chi connectivity index (χ1) is 14.5. The van der Waals surface area contributed by atoms with E-state index in [1.807, 2.05) is 13.8 Å². The van der Waals surface area contributed by atoms with Gasteiger partial charge in [0.2, 0.25) is 15.9 Å². The quantitative estimate of drug-likeness (QED) is 0.593. The fourth-order valence-corrected chi connectivity index (χ4v) is 4.89. The predicted molar refractivity (Wildman–Crippen MR) is 121 cm³/mol. The van der Waals surface area contributed by atoms with E-state index in [9.17, 15) is 18.0 Å². The van der Waals surface area contributed by atoms with Crippen LogP contribution in [0.2, 0.25) is 0 Å². The van der Waals surface area contributed by atoms with Gasteiger partial charge in [-0.1, -0.05) is 13.8 Å². The molecule has 0 aliphatic carbocycles. The average Bonchev–Trinajstić information content (AvgIpc) is 2.71. The minimum Gasteiger partial charge on any atom is -0.496 e. The second-order valence-corrected chi connectivity index (χ2v) is 9.25. The highest BCUT2D eigenvalue weighted by Gasteiger charge is 2.23. The molecule has 0 spiro atoms. The molecule has 8 heteroatoms. The van der Waals surface area contributed by atoms with Gasteiger partial charge in [-0.2, -0.15) is 4.31 Å². The number of nitrogens with one attached hydrogen (secondary N) is 1. The Kier molecular flexibility index (Phi) is 7.97. The molecule has 2 rings (SSSR count). The summed E-state index contributed by atoms with van der Waals surface area (Å²) >= 11 is 0. The van der Waals surface area contributed by atoms with E-state index in [1.165, 1.54) is 24.4 Å². The first-order valence-electron chi connectivity index (χ1n) is 10.1. The third-order valence-electron chi connectivity index (χ3n) is 5.30. The van der Waals surface area contributed by atoms with Gasteiger partial charge in [-0.3, -0.25) is 9.59 Å². The van der Waals surface area contributed by atoms with E-state index < -0.39 is 10.0 Å². The van der Waals surface area contributed by atoms with Crippen LogP contribution in [0.25, 0.3) is 0 Å². The van der Waals surface area contributed by atoms with Crippen LogP contribution < -0.4 is 10.1 Å². The minimum atomic E-state index is -3.66. The molecule has 0 saturated heterocycles. The number of methoxy groups -OCH3 is 1. The lowest BCUT2D eigenvalue weighted by molar-refractivity contribution is -0.115. The predicted octanol–water partition coefficient (Wildman–Crippen LogP) is 3.73. The number of sulfonamides is 1. The summed E-state index contributed by atoms with van der Waals surface area (Å²) in [5, 5.41) is 2.82. The molecule has 0 radical (unpaired) electrons. The van der Waals surface area contributed by atoms with E-state index in [1.54, 1.807) is 38.1 Å². The van der Waals surface area contributed by atoms with Crippen LogP contribution >= 0.6 is 0 Å². The second-order valence-electron chi connectivity index (χ2n) is 7.31. The summed E-state index contributed by atoms with van der Waals surface area (Å²) in [5.74, 6) is 0.0647. The third kappa shape index (κ3) is 5.51. The van der Waals surface area contributed by atoms with Crippen molar-refractivity contribution in [2.45, 2.75) is 45.9 Å². The molecule has 1 N–H and O–H groups in total. The number of amides is 1. The minimum absolute atomic E-state index is 0.0181. The largest absolute Gasteiger partial charge is 0.496 e. The van der Waals surface area contributed by atoms with Crippen molar-refractivity contribution in [3.05, 3.63) is 52.6 Å². The van der Waals surface area contributed by atoms with E-state index >= 15 is 0 Å². The zero-order valence-electron chi connectivity index (χ0n) is 18.9. The van der Waals surface area contributed by atoms with E-state index in [2.05, 4.69) is 5.32 Å². The van der Waals surface area contributed by atoms with Crippen molar-refractivity contribution < 1.29 is 22.7 Å². The van der Waals surface area contributed by atoms with Crippen LogP contribution in [0.15, 0.2) is 35.2 Å². The molecule has 0 atom stereocenters. The Labute approximate surface area is 184 Å². The van der Waals surface area contributed by atoms with Crippen LogP contribution in [0.3, 0.4) is 0 Å². The van der Waals surface area contributed by atoms with Gasteiger partial charge in [0.05, 0.1) is 18.4 Å². The van der Waals surface area contributed by atoms with Gasteiger partial charge in [0.25, 0.3) is 0 Å². The Morgan fingerprint density at radius 2 is 1.71 bits per heavy atom. The first-order valence-corrected chi connectivity index (χ1v) is 11.6. The molecule has 0 heterocycles. The Morgan fingerprint density at radius 1 is 1.06 bits per heavy atom. The molecule has 168 valence electrons. The molecule has 0 bridgehead atoms. The molecule has 0 unspecified atom stereocenters. The van der Waals surface area contributed by atoms with E-state index in [0.29, 0.717) is 35.7 Å². The van der Waals surface area contributed by atoms with Crippen molar-refractivity contribution in [1.82, 2.24) is 4.31 Å². The van der Waals surface area contributed by atoms with Gasteiger partial charge < -0.3 is 10.1 Å². The van der Waals surface area contributed by atoms with Crippen molar-refractivity contribution in [3.8, 4) is 5.75 Å². The molecule has 0 aliphatic heterocycles. The number of anilines is 1. The van der Waals surface area contributed by atoms with Crippen molar-refractivity contribution >= 4 is 27.4 Å². The van der Waals surface area contributed by atoms with Gasteiger partial charge in [-0.25, -0.2) is 8.42 Å². The number of Topliss-reactive ketones (excluding diaryl/α,β-unsaturated/α-hetero) is 1. The SMILES string of the molecule is CCN(CC)S(=O)(=O)c1cc(C)c(C)c(NC(=O)Cc2cc(C(C)=O)ccc2OC)c1. The van der Waals surface area contributed by atoms with Gasteiger partial charge >= 0.3 is 0 Å². The van der Waals surface area contributed by atoms with Gasteiger partial charge in [0.1, 0.15) is 5.75 Å². The number of hydrogen-bond donors (Lipinski definition) is 1. The molecule has 2 aromatic rings. The highest BCUT2D eigenvalue weighted by molar-refractivity contribution is 7.89. The number of carbonyl (C=O) groups excluding carboxylic acids is 2. The fraction of sp³-hybridized carbons (Fsp3) is 0.391. The maximum atomic E-state index is 12.9. The van der Waals surface area contributed by atoms with Crippen LogP contribution in [0.4, 0.5) is 5.69 Å². The Bertz CT molecular complexity index is 1090. The lowest BCUT2D eigenvalue weighted by Gasteiger charge is -2.20. The van der Waals surface area contributed by atoms with Gasteiger partial charge in [0.15, 0.2) is 5.78 Å². The van der Waals surface area contributed by atoms with Crippen molar-refractivity contribution in [1.29, 1.82) is 0 Å². The fourth-order valence-electron chi connectivity index (χ4n) is 3.32. The molecule has 0 aliphatic rings. The lowest BCUT2D eigenvalue weighted by atomic mass is 10.0. The number of nitrogens with zero attached hydrogens (tertiary/aromatic N) is 1. The highest BCUT2D eigenvalue weighted by atomic mass is 32.2. The number of rotatable bonds is 9. The van der Waals surface area contributed by atoms with E-state index in [-0.39, 0.29) is 23.0 Å². The Balaban J connectivity index is 2.37. The molecule has 0 saturated carbocycles. The second kappa shape index (κ2) is 10.1. The zero-order valence-corrected chi connectivity index (χ0v) is 19.7. The molecule has 1 amide bonds. The lowest BCUT2D eigenvalue weighted by Crippen LogP contribution is -2.30. The molecule has 0 fully saturated rings. The summed E-state index contributed by atoms with van der Waals surface area (Å²) in [6.07, 6.45) is -0.0181. The monoisotopic (exact) mass is 446 g/mol. The molecule has 2 aromatic carbocycles. The summed E-state index contributed by atoms with van der Waals surface area (Å²) in [6, 6.07) is 8.07. The average molecular weight is 447 g/mol. The van der Waals surface area contributed by atoms with Gasteiger partial charge in [-0.05, 0) is 62.2 Å². The van der Waals surface area contributed by atoms with Crippen molar-refractivity contribution in [3.63, 3.8) is 0 Å². The number of aryl methyl sites for hydroxylation is 1. The van der Waals surface area contributed by atoms with Crippen molar-refractivity contribution in [2.75, 3.05) is 25.5 Å². The van der Waals surface area contributed by atoms with Gasteiger partial charge in [0, 0.05) is 29.9 Å². The normalized spacial score (nSPS) is 11.5. The molecule has 31 heavy (non-hydrogen) atoms. The summed E-state index contributed by atoms with van der Waals surface area (Å²) < 4.78 is 32.6. The summed E-state index contributed by atoms with van der Waals surface area (Å²) in [6.45, 7) is 9.39. The smallest absolute Gasteiger partial charge is 0.243 e. The highest BCUT2D eigenvalue weighted by Crippen LogP contribution is 2.27. The standard InChI is InChI=1S/C23H30N2O5S/c1-7-25(8-2)31(28,29)20-11-15(3)16(4)21(14-20)24-23(27)13-19-12-18(17(5)26)9-10-22(19)30-6/h9-12,14H,7-8,13H2,1-6H3,(H,24,27). The van der Waals surface area contributed by atoms with E-state index in [0.717, 1.165) is 11.1 Å². The third-order valence-corrected chi connectivity index (χ3v) is 7.32.